The Hall–Kier alpha value is -2.44. The van der Waals surface area contributed by atoms with Crippen molar-refractivity contribution in [2.75, 3.05) is 18.0 Å². The number of aryl methyl sites for hydroxylation is 1. The number of alkyl halides is 1. The fraction of sp³-hybridized carbons (Fsp3) is 0.438. The second kappa shape index (κ2) is 7.21. The van der Waals surface area contributed by atoms with E-state index in [0.29, 0.717) is 31.6 Å². The van der Waals surface area contributed by atoms with Crippen molar-refractivity contribution in [1.29, 1.82) is 0 Å². The average Bonchev–Trinajstić information content (AvgIpc) is 3.21. The van der Waals surface area contributed by atoms with Gasteiger partial charge in [-0.25, -0.2) is 4.39 Å². The van der Waals surface area contributed by atoms with Gasteiger partial charge in [-0.15, -0.1) is 5.10 Å². The van der Waals surface area contributed by atoms with Gasteiger partial charge in [0.1, 0.15) is 6.17 Å². The molecule has 0 radical (unpaired) electrons. The minimum Gasteiger partial charge on any atom is -0.472 e. The lowest BCUT2D eigenvalue weighted by molar-refractivity contribution is -0.121. The van der Waals surface area contributed by atoms with Gasteiger partial charge in [0, 0.05) is 25.6 Å². The summed E-state index contributed by atoms with van der Waals surface area (Å²) in [5.41, 5.74) is 0.992. The van der Waals surface area contributed by atoms with Crippen LogP contribution in [-0.2, 0) is 11.2 Å². The van der Waals surface area contributed by atoms with Gasteiger partial charge in [0.05, 0.1) is 25.1 Å². The first-order chi connectivity index (χ1) is 11.2. The largest absolute Gasteiger partial charge is 0.472 e. The van der Waals surface area contributed by atoms with Crippen molar-refractivity contribution < 1.29 is 13.6 Å². The third kappa shape index (κ3) is 4.06. The Morgan fingerprint density at radius 2 is 2.39 bits per heavy atom. The lowest BCUT2D eigenvalue weighted by Crippen LogP contribution is -2.40. The molecule has 3 heterocycles. The molecular formula is C16H19FN4O2. The van der Waals surface area contributed by atoms with Gasteiger partial charge in [0.25, 0.3) is 0 Å². The SMILES string of the molecule is O=C(CCc1ccoc1)NC[C@@H]1C[C@H](F)CN1c1cccnn1. The highest BCUT2D eigenvalue weighted by molar-refractivity contribution is 5.76. The van der Waals surface area contributed by atoms with E-state index in [9.17, 15) is 9.18 Å². The Morgan fingerprint density at radius 1 is 1.48 bits per heavy atom. The fourth-order valence-electron chi connectivity index (χ4n) is 2.79. The van der Waals surface area contributed by atoms with Crippen molar-refractivity contribution in [2.24, 2.45) is 0 Å². The first-order valence-electron chi connectivity index (χ1n) is 7.68. The number of aromatic nitrogens is 2. The maximum absolute atomic E-state index is 13.8. The summed E-state index contributed by atoms with van der Waals surface area (Å²) in [7, 11) is 0. The van der Waals surface area contributed by atoms with E-state index in [1.165, 1.54) is 0 Å². The van der Waals surface area contributed by atoms with Gasteiger partial charge in [0.2, 0.25) is 5.91 Å². The van der Waals surface area contributed by atoms with Crippen LogP contribution in [0.5, 0.6) is 0 Å². The van der Waals surface area contributed by atoms with E-state index in [0.717, 1.165) is 5.56 Å². The van der Waals surface area contributed by atoms with Gasteiger partial charge in [-0.2, -0.15) is 5.10 Å². The van der Waals surface area contributed by atoms with Gasteiger partial charge in [-0.1, -0.05) is 0 Å². The summed E-state index contributed by atoms with van der Waals surface area (Å²) < 4.78 is 18.7. The average molecular weight is 318 g/mol. The maximum atomic E-state index is 13.8. The molecule has 1 aliphatic rings. The second-order valence-corrected chi connectivity index (χ2v) is 5.66. The Labute approximate surface area is 133 Å². The predicted octanol–water partition coefficient (Wildman–Crippen LogP) is 1.74. The van der Waals surface area contributed by atoms with E-state index < -0.39 is 6.17 Å². The normalized spacial score (nSPS) is 20.7. The van der Waals surface area contributed by atoms with Crippen LogP contribution in [0.2, 0.25) is 0 Å². The third-order valence-corrected chi connectivity index (χ3v) is 3.97. The van der Waals surface area contributed by atoms with Gasteiger partial charge in [0.15, 0.2) is 5.82 Å². The number of halogens is 1. The van der Waals surface area contributed by atoms with Crippen LogP contribution in [0.1, 0.15) is 18.4 Å². The van der Waals surface area contributed by atoms with Crippen molar-refractivity contribution >= 4 is 11.7 Å². The molecule has 1 aliphatic heterocycles. The second-order valence-electron chi connectivity index (χ2n) is 5.66. The smallest absolute Gasteiger partial charge is 0.220 e. The van der Waals surface area contributed by atoms with Crippen LogP contribution in [0.3, 0.4) is 0 Å². The highest BCUT2D eigenvalue weighted by Crippen LogP contribution is 2.24. The molecule has 1 saturated heterocycles. The van der Waals surface area contributed by atoms with Crippen LogP contribution in [-0.4, -0.2) is 41.4 Å². The Morgan fingerprint density at radius 3 is 3.13 bits per heavy atom. The molecule has 0 spiro atoms. The number of rotatable bonds is 6. The molecule has 0 unspecified atom stereocenters. The van der Waals surface area contributed by atoms with Gasteiger partial charge < -0.3 is 14.6 Å². The standard InChI is InChI=1S/C16H19FN4O2/c17-13-8-14(21(10-13)15-2-1-6-19-20-15)9-18-16(22)4-3-12-5-7-23-11-12/h1-2,5-7,11,13-14H,3-4,8-10H2,(H,18,22)/t13-,14-/m0/s1. The number of carbonyl (C=O) groups is 1. The molecule has 1 fully saturated rings. The van der Waals surface area contributed by atoms with Crippen LogP contribution in [0, 0.1) is 0 Å². The fourth-order valence-corrected chi connectivity index (χ4v) is 2.79. The molecule has 7 heteroatoms. The van der Waals surface area contributed by atoms with Crippen LogP contribution >= 0.6 is 0 Å². The molecule has 0 saturated carbocycles. The van der Waals surface area contributed by atoms with E-state index in [1.807, 2.05) is 11.0 Å². The zero-order chi connectivity index (χ0) is 16.1. The molecule has 2 aromatic rings. The minimum atomic E-state index is -0.912. The lowest BCUT2D eigenvalue weighted by Gasteiger charge is -2.24. The molecule has 2 atom stereocenters. The first-order valence-corrected chi connectivity index (χ1v) is 7.68. The van der Waals surface area contributed by atoms with E-state index in [-0.39, 0.29) is 18.5 Å². The van der Waals surface area contributed by atoms with E-state index in [4.69, 9.17) is 4.42 Å². The maximum Gasteiger partial charge on any atom is 0.220 e. The highest BCUT2D eigenvalue weighted by Gasteiger charge is 2.33. The summed E-state index contributed by atoms with van der Waals surface area (Å²) in [6, 6.07) is 5.32. The summed E-state index contributed by atoms with van der Waals surface area (Å²) in [4.78, 5) is 13.8. The number of anilines is 1. The van der Waals surface area contributed by atoms with Crippen LogP contribution < -0.4 is 10.2 Å². The number of carbonyl (C=O) groups excluding carboxylic acids is 1. The summed E-state index contributed by atoms with van der Waals surface area (Å²) in [5.74, 6) is 0.595. The van der Waals surface area contributed by atoms with Gasteiger partial charge in [-0.05, 0) is 30.2 Å². The molecule has 1 N–H and O–H groups in total. The molecule has 3 rings (SSSR count). The highest BCUT2D eigenvalue weighted by atomic mass is 19.1. The Bertz CT molecular complexity index is 620. The predicted molar refractivity (Wildman–Crippen MR) is 82.7 cm³/mol. The zero-order valence-corrected chi connectivity index (χ0v) is 12.7. The summed E-state index contributed by atoms with van der Waals surface area (Å²) >= 11 is 0. The number of furan rings is 1. The molecule has 6 nitrogen and oxygen atoms in total. The van der Waals surface area contributed by atoms with Crippen molar-refractivity contribution in [2.45, 2.75) is 31.5 Å². The van der Waals surface area contributed by atoms with Crippen molar-refractivity contribution in [3.8, 4) is 0 Å². The van der Waals surface area contributed by atoms with E-state index in [2.05, 4.69) is 15.5 Å². The van der Waals surface area contributed by atoms with Crippen LogP contribution in [0.15, 0.2) is 41.3 Å². The third-order valence-electron chi connectivity index (χ3n) is 3.97. The first kappa shape index (κ1) is 15.5. The molecule has 0 aliphatic carbocycles. The minimum absolute atomic E-state index is 0.0485. The molecule has 0 aromatic carbocycles. The Balaban J connectivity index is 1.51. The van der Waals surface area contributed by atoms with Crippen LogP contribution in [0.25, 0.3) is 0 Å². The van der Waals surface area contributed by atoms with Crippen LogP contribution in [0.4, 0.5) is 10.2 Å². The molecule has 0 bridgehead atoms. The molecule has 122 valence electrons. The molecule has 2 aromatic heterocycles. The topological polar surface area (TPSA) is 71.3 Å². The summed E-state index contributed by atoms with van der Waals surface area (Å²) in [5, 5.41) is 10.7. The van der Waals surface area contributed by atoms with Crippen molar-refractivity contribution in [3.63, 3.8) is 0 Å². The lowest BCUT2D eigenvalue weighted by atomic mass is 10.1. The van der Waals surface area contributed by atoms with Crippen molar-refractivity contribution in [3.05, 3.63) is 42.5 Å². The Kier molecular flexibility index (Phi) is 4.85. The van der Waals surface area contributed by atoms with E-state index >= 15 is 0 Å². The number of amides is 1. The zero-order valence-electron chi connectivity index (χ0n) is 12.7. The number of hydrogen-bond acceptors (Lipinski definition) is 5. The number of hydrogen-bond donors (Lipinski definition) is 1. The van der Waals surface area contributed by atoms with Crippen molar-refractivity contribution in [1.82, 2.24) is 15.5 Å². The number of nitrogens with one attached hydrogen (secondary N) is 1. The molecule has 1 amide bonds. The molecule has 23 heavy (non-hydrogen) atoms. The quantitative estimate of drug-likeness (QED) is 0.878. The van der Waals surface area contributed by atoms with Gasteiger partial charge >= 0.3 is 0 Å². The molecular weight excluding hydrogens is 299 g/mol. The monoisotopic (exact) mass is 318 g/mol. The summed E-state index contributed by atoms with van der Waals surface area (Å²) in [6.07, 6.45) is 5.30. The number of nitrogens with zero attached hydrogens (tertiary/aromatic N) is 3. The summed E-state index contributed by atoms with van der Waals surface area (Å²) in [6.45, 7) is 0.690. The van der Waals surface area contributed by atoms with E-state index in [1.54, 1.807) is 30.9 Å². The van der Waals surface area contributed by atoms with Gasteiger partial charge in [-0.3, -0.25) is 4.79 Å².